The number of carbonyl (C=O) groups excluding carboxylic acids is 4. The van der Waals surface area contributed by atoms with Gasteiger partial charge in [-0.2, -0.15) is 0 Å². The van der Waals surface area contributed by atoms with Crippen LogP contribution in [0.3, 0.4) is 0 Å². The van der Waals surface area contributed by atoms with E-state index in [0.29, 0.717) is 73.7 Å². The van der Waals surface area contributed by atoms with Crippen molar-refractivity contribution >= 4 is 24.1 Å². The summed E-state index contributed by atoms with van der Waals surface area (Å²) in [4.78, 5) is 56.1. The van der Waals surface area contributed by atoms with Crippen LogP contribution >= 0.6 is 0 Å². The molecule has 750 valence electrons. The molecule has 0 radical (unpaired) electrons. The predicted molar refractivity (Wildman–Crippen MR) is 488 cm³/mol. The Hall–Kier alpha value is -6.00. The lowest BCUT2D eigenvalue weighted by Gasteiger charge is -2.48. The second kappa shape index (κ2) is 44.9. The fourth-order valence-corrected chi connectivity index (χ4v) is 22.5. The second-order valence-corrected chi connectivity index (χ2v) is 40.2. The summed E-state index contributed by atoms with van der Waals surface area (Å²) in [6.45, 7) is 32.0. The minimum Gasteiger partial charge on any atom is -0.462 e. The number of rotatable bonds is 23. The summed E-state index contributed by atoms with van der Waals surface area (Å²) in [7, 11) is 6.38. The maximum atomic E-state index is 14.6. The molecule has 4 bridgehead atoms. The van der Waals surface area contributed by atoms with Crippen LogP contribution in [0.15, 0.2) is 119 Å². The number of aliphatic hydroxyl groups is 4. The van der Waals surface area contributed by atoms with Crippen molar-refractivity contribution in [3.05, 3.63) is 119 Å². The first kappa shape index (κ1) is 104. The quantitative estimate of drug-likeness (QED) is 0.0239. The first-order valence-corrected chi connectivity index (χ1v) is 49.2. The van der Waals surface area contributed by atoms with Gasteiger partial charge < -0.3 is 135 Å². The fourth-order valence-electron chi connectivity index (χ4n) is 22.5. The van der Waals surface area contributed by atoms with Crippen LogP contribution in [0.2, 0.25) is 0 Å². The summed E-state index contributed by atoms with van der Waals surface area (Å²) < 4.78 is 143. The third-order valence-electron chi connectivity index (χ3n) is 30.7. The number of esters is 2. The van der Waals surface area contributed by atoms with Crippen molar-refractivity contribution in [2.75, 3.05) is 54.9 Å². The Morgan fingerprint density at radius 2 is 0.836 bits per heavy atom. The first-order valence-electron chi connectivity index (χ1n) is 49.2. The van der Waals surface area contributed by atoms with Gasteiger partial charge >= 0.3 is 24.1 Å². The molecule has 12 heterocycles. The first-order chi connectivity index (χ1) is 63.9. The van der Waals surface area contributed by atoms with Crippen molar-refractivity contribution in [3.63, 3.8) is 0 Å². The molecule has 40 atom stereocenters. The van der Waals surface area contributed by atoms with Crippen LogP contribution in [0, 0.1) is 47.3 Å². The van der Waals surface area contributed by atoms with Gasteiger partial charge in [-0.1, -0.05) is 141 Å². The lowest BCUT2D eigenvalue weighted by atomic mass is 9.71. The predicted octanol–water partition coefficient (Wildman–Crippen LogP) is 12.0. The van der Waals surface area contributed by atoms with Crippen molar-refractivity contribution in [1.82, 2.24) is 10.6 Å². The van der Waals surface area contributed by atoms with E-state index in [1.807, 2.05) is 91.8 Å². The Kier molecular flexibility index (Phi) is 34.8. The molecule has 2 amide bonds. The molecule has 32 heteroatoms. The van der Waals surface area contributed by atoms with E-state index < -0.39 is 218 Å². The van der Waals surface area contributed by atoms with Crippen LogP contribution in [0.25, 0.3) is 0 Å². The molecule has 0 aromatic rings. The van der Waals surface area contributed by atoms with E-state index in [4.69, 9.17) is 104 Å². The summed E-state index contributed by atoms with van der Waals surface area (Å²) in [5.41, 5.74) is -0.0911. The molecule has 6 N–H and O–H groups in total. The molecule has 8 fully saturated rings. The Morgan fingerprint density at radius 1 is 0.470 bits per heavy atom. The number of nitrogens with one attached hydrogen (secondary N) is 2. The molecule has 2 aliphatic carbocycles. The number of fused-ring (bicyclic) bond motifs is 4. The highest BCUT2D eigenvalue weighted by atomic mass is 16.8. The molecule has 32 nitrogen and oxygen atoms in total. The van der Waals surface area contributed by atoms with Crippen LogP contribution in [0.4, 0.5) is 9.59 Å². The van der Waals surface area contributed by atoms with Crippen molar-refractivity contribution in [1.29, 1.82) is 0 Å². The molecule has 2 unspecified atom stereocenters. The molecule has 14 rings (SSSR count). The van der Waals surface area contributed by atoms with Crippen LogP contribution in [0.5, 0.6) is 0 Å². The van der Waals surface area contributed by atoms with Gasteiger partial charge in [-0.3, -0.25) is 9.59 Å². The monoisotopic (exact) mass is 1890 g/mol. The van der Waals surface area contributed by atoms with Gasteiger partial charge in [0, 0.05) is 103 Å². The minimum absolute atomic E-state index is 0.0141. The second-order valence-electron chi connectivity index (χ2n) is 40.2. The Balaban J connectivity index is 0.534. The number of allylic oxidation sites excluding steroid dienone is 4. The molecule has 0 aromatic heterocycles. The highest BCUT2D eigenvalue weighted by Crippen LogP contribution is 2.51. The van der Waals surface area contributed by atoms with Crippen molar-refractivity contribution in [2.24, 2.45) is 47.3 Å². The maximum absolute atomic E-state index is 14.6. The highest BCUT2D eigenvalue weighted by molar-refractivity contribution is 5.79. The Labute approximate surface area is 790 Å². The number of aliphatic hydroxyl groups excluding tert-OH is 2. The van der Waals surface area contributed by atoms with Crippen LogP contribution < -0.4 is 10.6 Å². The molecule has 2 spiro atoms. The Morgan fingerprint density at radius 3 is 1.21 bits per heavy atom. The number of unbranched alkanes of at least 4 members (excludes halogenated alkanes) is 1. The molecule has 134 heavy (non-hydrogen) atoms. The molecular weight excluding hydrogens is 1730 g/mol. The largest absolute Gasteiger partial charge is 0.462 e. The van der Waals surface area contributed by atoms with E-state index in [9.17, 15) is 39.6 Å². The van der Waals surface area contributed by atoms with Gasteiger partial charge in [-0.15, -0.1) is 0 Å². The van der Waals surface area contributed by atoms with E-state index in [-0.39, 0.29) is 99.8 Å². The van der Waals surface area contributed by atoms with Gasteiger partial charge in [0.05, 0.1) is 124 Å². The van der Waals surface area contributed by atoms with E-state index in [0.717, 1.165) is 24.0 Å². The van der Waals surface area contributed by atoms with E-state index in [1.54, 1.807) is 66.6 Å². The maximum Gasteiger partial charge on any atom is 0.407 e. The molecule has 0 aromatic carbocycles. The average molecular weight is 1890 g/mol. The lowest BCUT2D eigenvalue weighted by Crippen LogP contribution is -2.59. The summed E-state index contributed by atoms with van der Waals surface area (Å²) >= 11 is 0. The standard InChI is InChI=1S/C102H152N2O30/c1-21-53(3)89-59(9)35-37-99(133-89)49-71-43-69(131-99)33-31-57(7)87(55(5)27-25-29-67-51-119-93-85(105)61(11)41-73(95(107)125-71)101(67,93)111)127-81-47-77(115-19)91(65(15)123-81)129-79-45-75(113-17)83(63(13)121-79)103-97(109)117-39-23-24-40-118-98(110)104-84-64(14)122-80(46-76(84)114-18)130-92-66(16)124-82(48-78(92)116-20)128-88-56(6)28-26-30-68-52-120-94-86(106)62(12)42-74(102(68,94)112)96(108)126-72-44-70(34-32-58(88)8)132-100(50-72)38-36-60(10)90(134-100)54(4)22-2/h25-32,35-38,41-42,53-56,59-60,63-66,69-94,105-106,111-112H,21-24,33-34,39-40,43-52H2,1-20H3,(H,103,109)(H,104,110)/b27-25+,28-26+,57-31+,58-32+,67-29+,68-30+/t53?,54?,55-,56-,59-,60-,63-,64-,65-,66-,69+,70+,71-,72-,73-,74-,75-,76-,77-,78-,79-,80-,81-,82-,83+,84+,85+,86+,87-,88-,89+,90+,91-,92-,93+,94+,99+,100+,101+,102+/m0/s1. The summed E-state index contributed by atoms with van der Waals surface area (Å²) in [5.74, 6) is -5.77. The molecule has 8 saturated heterocycles. The van der Waals surface area contributed by atoms with Crippen molar-refractivity contribution in [2.45, 2.75) is 395 Å². The third kappa shape index (κ3) is 22.9. The molecule has 0 saturated carbocycles. The fraction of sp³-hybridized carbons (Fsp3) is 0.765. The number of amides is 2. The van der Waals surface area contributed by atoms with Gasteiger partial charge in [0.25, 0.3) is 0 Å². The summed E-state index contributed by atoms with van der Waals surface area (Å²) in [6, 6.07) is -1.22. The third-order valence-corrected chi connectivity index (χ3v) is 30.7. The lowest BCUT2D eigenvalue weighted by molar-refractivity contribution is -0.311. The number of hydrogen-bond acceptors (Lipinski definition) is 30. The molecular formula is C102H152N2O30. The number of hydrogen-bond donors (Lipinski definition) is 6. The van der Waals surface area contributed by atoms with Crippen LogP contribution in [-0.2, 0) is 114 Å². The van der Waals surface area contributed by atoms with Crippen molar-refractivity contribution < 1.29 is 144 Å². The summed E-state index contributed by atoms with van der Waals surface area (Å²) in [6.07, 6.45) is 14.5. The number of alkyl carbamates (subject to hydrolysis) is 2. The van der Waals surface area contributed by atoms with Gasteiger partial charge in [0.15, 0.2) is 36.7 Å². The normalized spacial score (nSPS) is 46.3. The zero-order valence-corrected chi connectivity index (χ0v) is 82.0. The zero-order chi connectivity index (χ0) is 96.2. The van der Waals surface area contributed by atoms with E-state index >= 15 is 0 Å². The van der Waals surface area contributed by atoms with E-state index in [1.165, 1.54) is 0 Å². The SMILES string of the molecule is CCC(C)[C@H]1O[C@]2(C=C[C@@H]1C)C[C@@H]1C[C@@H](C/C=C(\C)[C@@H](O[C@H]3C[C@H](OC)[C@@H](O[C@H]4C[C@H](OC)[C@H](NC(=O)OCCCCOC(=O)N[C@@H]5[C@H](C)O[C@@H](O[C@H]6[C@H](C)O[C@@H](O[C@@H]7/C(C)=C/C[C@@H]8C[C@@H](C[C@]9(C=C[C@H](C)[C@@H](C(C)CC)O9)O8)OC(=O)[C@@H]8C=C(C)[C@@H](O)[C@H]9OC/C(=C\C=C\[C@@H]7C)[C@]98O)C[C@@H]6OC)C[C@@H]5OC)[C@H](C)O4)[C@H](C)O3)[C@@H](C)/C=C/C=C3\CO[C@@H]4[C@H](O)C(C)=C[C@@H](C(=O)O1)[C@]34O)O2. The van der Waals surface area contributed by atoms with Gasteiger partial charge in [-0.25, -0.2) is 9.59 Å². The number of methoxy groups -OCH3 is 4. The van der Waals surface area contributed by atoms with Gasteiger partial charge in [0.2, 0.25) is 0 Å². The Bertz CT molecular complexity index is 4070. The topological polar surface area (TPSA) is 376 Å². The average Bonchev–Trinajstić information content (AvgIpc) is 1.55. The summed E-state index contributed by atoms with van der Waals surface area (Å²) in [5, 5.41) is 54.1. The highest BCUT2D eigenvalue weighted by Gasteiger charge is 2.63. The van der Waals surface area contributed by atoms with Crippen LogP contribution in [0.1, 0.15) is 201 Å². The minimum atomic E-state index is -1.90. The van der Waals surface area contributed by atoms with Gasteiger partial charge in [0.1, 0.15) is 71.9 Å². The van der Waals surface area contributed by atoms with E-state index in [2.05, 4.69) is 76.5 Å². The van der Waals surface area contributed by atoms with Crippen LogP contribution in [-0.4, -0.2) is 294 Å². The number of ether oxygens (including phenoxy) is 22. The van der Waals surface area contributed by atoms with Gasteiger partial charge in [-0.05, 0) is 138 Å². The molecule has 12 aliphatic heterocycles. The molecule has 14 aliphatic rings. The zero-order valence-electron chi connectivity index (χ0n) is 82.0. The van der Waals surface area contributed by atoms with Crippen molar-refractivity contribution in [3.8, 4) is 0 Å². The smallest absolute Gasteiger partial charge is 0.407 e. The number of carbonyl (C=O) groups is 4.